The first-order valence-corrected chi connectivity index (χ1v) is 7.38. The van der Waals surface area contributed by atoms with Crippen LogP contribution < -0.4 is 0 Å². The van der Waals surface area contributed by atoms with Crippen molar-refractivity contribution in [3.63, 3.8) is 0 Å². The summed E-state index contributed by atoms with van der Waals surface area (Å²) in [5.41, 5.74) is 0. The van der Waals surface area contributed by atoms with E-state index in [1.807, 2.05) is 0 Å². The van der Waals surface area contributed by atoms with Crippen LogP contribution in [0.2, 0.25) is 0 Å². The van der Waals surface area contributed by atoms with Crippen molar-refractivity contribution in [2.24, 2.45) is 0 Å². The molecule has 1 aliphatic heterocycles. The molecule has 1 heteroatoms. The Balaban J connectivity index is 2.20. The van der Waals surface area contributed by atoms with E-state index in [-0.39, 0.29) is 10.0 Å². The normalized spacial score (nSPS) is 20.6. The van der Waals surface area contributed by atoms with Crippen molar-refractivity contribution in [1.82, 2.24) is 0 Å². The summed E-state index contributed by atoms with van der Waals surface area (Å²) in [4.78, 5) is 1.59. The van der Waals surface area contributed by atoms with Crippen molar-refractivity contribution in [1.29, 1.82) is 0 Å². The van der Waals surface area contributed by atoms with Gasteiger partial charge in [-0.05, 0) is 45.6 Å². The predicted octanol–water partition coefficient (Wildman–Crippen LogP) is 3.65. The van der Waals surface area contributed by atoms with Gasteiger partial charge in [0.05, 0.1) is 0 Å². The number of rotatable bonds is 1. The molecule has 0 nitrogen and oxygen atoms in total. The molecule has 0 unspecified atom stereocenters. The molecule has 0 bridgehead atoms. The van der Waals surface area contributed by atoms with Gasteiger partial charge in [-0.3, -0.25) is 0 Å². The van der Waals surface area contributed by atoms with Gasteiger partial charge in [-0.1, -0.05) is 30.3 Å². The quantitative estimate of drug-likeness (QED) is 0.619. The number of hydrogen-bond donors (Lipinski definition) is 0. The predicted molar refractivity (Wildman–Crippen MR) is 65.5 cm³/mol. The zero-order valence-corrected chi connectivity index (χ0v) is 9.18. The van der Waals surface area contributed by atoms with Gasteiger partial charge in [0.2, 0.25) is 0 Å². The maximum atomic E-state index is 2.44. The summed E-state index contributed by atoms with van der Waals surface area (Å²) in [5.74, 6) is 2.87. The van der Waals surface area contributed by atoms with Crippen LogP contribution in [-0.4, -0.2) is 17.8 Å². The van der Waals surface area contributed by atoms with Crippen molar-refractivity contribution < 1.29 is 0 Å². The average molecular weight is 202 g/mol. The van der Waals surface area contributed by atoms with Crippen LogP contribution in [0.3, 0.4) is 0 Å². The van der Waals surface area contributed by atoms with Crippen molar-refractivity contribution in [2.45, 2.75) is 4.90 Å². The van der Waals surface area contributed by atoms with Crippen LogP contribution in [0.5, 0.6) is 0 Å². The molecule has 1 heterocycles. The second-order valence-corrected chi connectivity index (χ2v) is 8.03. The SMILES string of the molecule is CS1(c2ccc3ccccc3c2)CC1. The average Bonchev–Trinajstić information content (AvgIpc) is 2.97. The topological polar surface area (TPSA) is 0 Å². The molecule has 2 aromatic rings. The molecule has 0 aromatic heterocycles. The molecule has 0 spiro atoms. The first kappa shape index (κ1) is 8.37. The van der Waals surface area contributed by atoms with Crippen molar-refractivity contribution >= 4 is 20.8 Å². The molecule has 1 aliphatic rings. The summed E-state index contributed by atoms with van der Waals surface area (Å²) in [6.07, 6.45) is 2.44. The smallest absolute Gasteiger partial charge is 0.00945 e. The molecule has 14 heavy (non-hydrogen) atoms. The zero-order valence-electron chi connectivity index (χ0n) is 8.36. The van der Waals surface area contributed by atoms with Gasteiger partial charge >= 0.3 is 0 Å². The number of benzene rings is 2. The first-order valence-electron chi connectivity index (χ1n) is 5.01. The minimum atomic E-state index is -0.344. The fraction of sp³-hybridized carbons (Fsp3) is 0.231. The van der Waals surface area contributed by atoms with E-state index in [4.69, 9.17) is 0 Å². The Labute approximate surface area is 86.3 Å². The molecule has 0 saturated carbocycles. The van der Waals surface area contributed by atoms with E-state index in [0.717, 1.165) is 0 Å². The molecule has 0 amide bonds. The van der Waals surface area contributed by atoms with Crippen LogP contribution in [0, 0.1) is 0 Å². The lowest BCUT2D eigenvalue weighted by Gasteiger charge is -2.14. The van der Waals surface area contributed by atoms with Gasteiger partial charge in [0.25, 0.3) is 0 Å². The lowest BCUT2D eigenvalue weighted by Crippen LogP contribution is -1.81. The van der Waals surface area contributed by atoms with Crippen molar-refractivity contribution in [3.8, 4) is 0 Å². The van der Waals surface area contributed by atoms with E-state index in [0.29, 0.717) is 0 Å². The Morgan fingerprint density at radius 1 is 0.929 bits per heavy atom. The molecule has 1 fully saturated rings. The van der Waals surface area contributed by atoms with Gasteiger partial charge < -0.3 is 0 Å². The van der Waals surface area contributed by atoms with E-state index < -0.39 is 0 Å². The Bertz CT molecular complexity index is 483. The van der Waals surface area contributed by atoms with Gasteiger partial charge in [0.1, 0.15) is 0 Å². The molecule has 0 radical (unpaired) electrons. The Hall–Kier alpha value is -0.950. The lowest BCUT2D eigenvalue weighted by atomic mass is 10.1. The fourth-order valence-electron chi connectivity index (χ4n) is 1.83. The summed E-state index contributed by atoms with van der Waals surface area (Å²) in [6, 6.07) is 15.6. The highest BCUT2D eigenvalue weighted by atomic mass is 32.3. The highest BCUT2D eigenvalue weighted by Gasteiger charge is 2.33. The van der Waals surface area contributed by atoms with E-state index in [1.165, 1.54) is 22.3 Å². The van der Waals surface area contributed by atoms with Gasteiger partial charge in [-0.15, -0.1) is 0 Å². The molecule has 0 N–H and O–H groups in total. The van der Waals surface area contributed by atoms with Crippen LogP contribution in [0.4, 0.5) is 0 Å². The van der Waals surface area contributed by atoms with Gasteiger partial charge in [-0.2, -0.15) is 0 Å². The summed E-state index contributed by atoms with van der Waals surface area (Å²) < 4.78 is 0. The van der Waals surface area contributed by atoms with E-state index in [2.05, 4.69) is 48.7 Å². The fourth-order valence-corrected chi connectivity index (χ4v) is 4.11. The highest BCUT2D eigenvalue weighted by molar-refractivity contribution is 8.38. The number of hydrogen-bond acceptors (Lipinski definition) is 0. The van der Waals surface area contributed by atoms with E-state index in [9.17, 15) is 0 Å². The van der Waals surface area contributed by atoms with Crippen LogP contribution >= 0.6 is 10.0 Å². The molecule has 0 aliphatic carbocycles. The Morgan fingerprint density at radius 3 is 2.36 bits per heavy atom. The number of fused-ring (bicyclic) bond motifs is 1. The second kappa shape index (κ2) is 2.77. The minimum Gasteiger partial charge on any atom is -0.216 e. The van der Waals surface area contributed by atoms with Crippen LogP contribution in [-0.2, 0) is 0 Å². The van der Waals surface area contributed by atoms with Gasteiger partial charge in [0, 0.05) is 0 Å². The third kappa shape index (κ3) is 1.24. The summed E-state index contributed by atoms with van der Waals surface area (Å²) in [7, 11) is -0.344. The minimum absolute atomic E-state index is 0.344. The maximum Gasteiger partial charge on any atom is -0.00945 e. The van der Waals surface area contributed by atoms with Gasteiger partial charge in [0.15, 0.2) is 0 Å². The highest BCUT2D eigenvalue weighted by Crippen LogP contribution is 2.64. The second-order valence-electron chi connectivity index (χ2n) is 4.19. The molecular weight excluding hydrogens is 188 g/mol. The summed E-state index contributed by atoms with van der Waals surface area (Å²) in [6.45, 7) is 0. The monoisotopic (exact) mass is 202 g/mol. The van der Waals surface area contributed by atoms with Gasteiger partial charge in [-0.25, -0.2) is 10.0 Å². The van der Waals surface area contributed by atoms with Crippen LogP contribution in [0.25, 0.3) is 10.8 Å². The van der Waals surface area contributed by atoms with Crippen LogP contribution in [0.1, 0.15) is 0 Å². The zero-order chi connectivity index (χ0) is 9.60. The molecule has 72 valence electrons. The summed E-state index contributed by atoms with van der Waals surface area (Å²) >= 11 is 0. The third-order valence-electron chi connectivity index (χ3n) is 3.11. The van der Waals surface area contributed by atoms with E-state index >= 15 is 0 Å². The van der Waals surface area contributed by atoms with Crippen molar-refractivity contribution in [3.05, 3.63) is 42.5 Å². The standard InChI is InChI=1S/C13H14S/c1-14(8-9-14)13-7-6-11-4-2-3-5-12(11)10-13/h2-7,10H,8-9H2,1H3. The Morgan fingerprint density at radius 2 is 1.64 bits per heavy atom. The third-order valence-corrected chi connectivity index (χ3v) is 6.13. The Kier molecular flexibility index (Phi) is 1.65. The first-order chi connectivity index (χ1) is 6.78. The lowest BCUT2D eigenvalue weighted by molar-refractivity contribution is 1.50. The summed E-state index contributed by atoms with van der Waals surface area (Å²) in [5, 5.41) is 2.76. The largest absolute Gasteiger partial charge is 0.216 e. The van der Waals surface area contributed by atoms with E-state index in [1.54, 1.807) is 4.90 Å². The maximum absolute atomic E-state index is 2.44. The van der Waals surface area contributed by atoms with Crippen molar-refractivity contribution in [2.75, 3.05) is 17.8 Å². The van der Waals surface area contributed by atoms with Crippen LogP contribution in [0.15, 0.2) is 47.4 Å². The molecule has 0 atom stereocenters. The molecule has 3 rings (SSSR count). The molecular formula is C13H14S. The molecule has 1 saturated heterocycles. The molecule has 2 aromatic carbocycles.